The minimum absolute atomic E-state index is 0.0283. The first-order valence-corrected chi connectivity index (χ1v) is 11.3. The number of pyridine rings is 1. The van der Waals surface area contributed by atoms with E-state index in [0.29, 0.717) is 12.5 Å². The molecule has 0 aromatic carbocycles. The van der Waals surface area contributed by atoms with Crippen molar-refractivity contribution < 1.29 is 4.79 Å². The molecule has 1 atom stereocenters. The zero-order valence-corrected chi connectivity index (χ0v) is 18.8. The number of nitrogens with one attached hydrogen (secondary N) is 1. The molecule has 160 valence electrons. The van der Waals surface area contributed by atoms with Crippen molar-refractivity contribution in [3.63, 3.8) is 0 Å². The van der Waals surface area contributed by atoms with Gasteiger partial charge in [-0.25, -0.2) is 15.0 Å². The molecule has 1 fully saturated rings. The molecule has 7 nitrogen and oxygen atoms in total. The Morgan fingerprint density at radius 1 is 1.19 bits per heavy atom. The first-order chi connectivity index (χ1) is 15.0. The molecule has 1 N–H and O–H groups in total. The van der Waals surface area contributed by atoms with Crippen LogP contribution in [-0.4, -0.2) is 43.8 Å². The second kappa shape index (κ2) is 9.34. The number of likely N-dealkylation sites (tertiary alicyclic amines) is 1. The Balaban J connectivity index is 1.38. The Hall–Kier alpha value is -3.13. The molecule has 1 aliphatic rings. The lowest BCUT2D eigenvalue weighted by Crippen LogP contribution is -2.38. The van der Waals surface area contributed by atoms with Crippen LogP contribution < -0.4 is 5.32 Å². The first kappa shape index (κ1) is 21.1. The zero-order valence-electron chi connectivity index (χ0n) is 18.0. The highest BCUT2D eigenvalue weighted by Gasteiger charge is 2.24. The Morgan fingerprint density at radius 3 is 2.68 bits per heavy atom. The van der Waals surface area contributed by atoms with Gasteiger partial charge in [-0.2, -0.15) is 0 Å². The zero-order chi connectivity index (χ0) is 21.8. The number of thiazole rings is 1. The van der Waals surface area contributed by atoms with E-state index in [1.165, 1.54) is 0 Å². The number of carbonyl (C=O) groups is 1. The van der Waals surface area contributed by atoms with Crippen LogP contribution in [0.25, 0.3) is 6.08 Å². The molecular formula is C23H26N6OS. The molecule has 0 radical (unpaired) electrons. The minimum Gasteiger partial charge on any atom is -0.338 e. The maximum absolute atomic E-state index is 12.6. The smallest absolute Gasteiger partial charge is 0.246 e. The highest BCUT2D eigenvalue weighted by molar-refractivity contribution is 7.09. The van der Waals surface area contributed by atoms with Crippen LogP contribution in [0.5, 0.6) is 0 Å². The summed E-state index contributed by atoms with van der Waals surface area (Å²) < 4.78 is 0. The number of nitrogens with zero attached hydrogens (tertiary/aromatic N) is 5. The highest BCUT2D eigenvalue weighted by atomic mass is 32.1. The molecule has 1 unspecified atom stereocenters. The molecule has 1 aliphatic heterocycles. The van der Waals surface area contributed by atoms with Gasteiger partial charge in [-0.05, 0) is 57.9 Å². The van der Waals surface area contributed by atoms with E-state index in [9.17, 15) is 4.79 Å². The molecule has 0 bridgehead atoms. The molecule has 4 heterocycles. The van der Waals surface area contributed by atoms with E-state index in [1.54, 1.807) is 23.5 Å². The second-order valence-electron chi connectivity index (χ2n) is 7.82. The molecule has 0 saturated carbocycles. The third-order valence-electron chi connectivity index (χ3n) is 5.21. The molecule has 4 rings (SSSR count). The summed E-state index contributed by atoms with van der Waals surface area (Å²) in [6, 6.07) is 5.96. The topological polar surface area (TPSA) is 83.9 Å². The molecule has 3 aromatic rings. The Morgan fingerprint density at radius 2 is 2.00 bits per heavy atom. The van der Waals surface area contributed by atoms with Gasteiger partial charge in [-0.1, -0.05) is 0 Å². The predicted molar refractivity (Wildman–Crippen MR) is 123 cm³/mol. The summed E-state index contributed by atoms with van der Waals surface area (Å²) in [4.78, 5) is 32.4. The van der Waals surface area contributed by atoms with Crippen molar-refractivity contribution in [3.05, 3.63) is 63.6 Å². The number of hydrogen-bond acceptors (Lipinski definition) is 7. The van der Waals surface area contributed by atoms with Crippen molar-refractivity contribution in [3.8, 4) is 0 Å². The van der Waals surface area contributed by atoms with Gasteiger partial charge in [0.25, 0.3) is 0 Å². The van der Waals surface area contributed by atoms with Gasteiger partial charge in [0.15, 0.2) is 0 Å². The average Bonchev–Trinajstić information content (AvgIpc) is 3.17. The summed E-state index contributed by atoms with van der Waals surface area (Å²) in [5, 5.41) is 6.17. The van der Waals surface area contributed by atoms with Gasteiger partial charge in [0.1, 0.15) is 0 Å². The van der Waals surface area contributed by atoms with Crippen molar-refractivity contribution in [2.45, 2.75) is 39.5 Å². The van der Waals surface area contributed by atoms with Gasteiger partial charge in [-0.3, -0.25) is 9.78 Å². The van der Waals surface area contributed by atoms with Crippen LogP contribution in [-0.2, 0) is 4.79 Å². The second-order valence-corrected chi connectivity index (χ2v) is 8.88. The number of amides is 1. The lowest BCUT2D eigenvalue weighted by atomic mass is 9.94. The maximum Gasteiger partial charge on any atom is 0.246 e. The van der Waals surface area contributed by atoms with Gasteiger partial charge in [0.05, 0.1) is 22.6 Å². The lowest BCUT2D eigenvalue weighted by Gasteiger charge is -2.31. The van der Waals surface area contributed by atoms with Gasteiger partial charge >= 0.3 is 0 Å². The van der Waals surface area contributed by atoms with Crippen molar-refractivity contribution in [1.29, 1.82) is 0 Å². The standard InChI is InChI=1S/C23H26N6OS/c1-15-11-16(2)26-23(25-15)28-19-6-8-21(24-12-19)18-5-4-10-29(13-18)22(30)9-7-20-14-31-17(3)27-20/h6-9,11-12,14,18H,4-5,10,13H2,1-3H3,(H,25,26,28)/b9-7+. The molecule has 3 aromatic heterocycles. The normalized spacial score (nSPS) is 16.6. The molecule has 1 saturated heterocycles. The average molecular weight is 435 g/mol. The largest absolute Gasteiger partial charge is 0.338 e. The quantitative estimate of drug-likeness (QED) is 0.599. The van der Waals surface area contributed by atoms with Crippen LogP contribution in [0.15, 0.2) is 35.9 Å². The summed E-state index contributed by atoms with van der Waals surface area (Å²) in [6.07, 6.45) is 7.23. The molecule has 31 heavy (non-hydrogen) atoms. The number of piperidine rings is 1. The van der Waals surface area contributed by atoms with Gasteiger partial charge < -0.3 is 10.2 Å². The van der Waals surface area contributed by atoms with E-state index in [-0.39, 0.29) is 11.8 Å². The van der Waals surface area contributed by atoms with Crippen LogP contribution in [0.3, 0.4) is 0 Å². The number of rotatable bonds is 5. The molecular weight excluding hydrogens is 408 g/mol. The van der Waals surface area contributed by atoms with Crippen molar-refractivity contribution in [1.82, 2.24) is 24.8 Å². The maximum atomic E-state index is 12.6. The van der Waals surface area contributed by atoms with Crippen molar-refractivity contribution in [2.24, 2.45) is 0 Å². The molecule has 0 spiro atoms. The minimum atomic E-state index is 0.0283. The monoisotopic (exact) mass is 434 g/mol. The molecule has 0 aliphatic carbocycles. The summed E-state index contributed by atoms with van der Waals surface area (Å²) >= 11 is 1.58. The fourth-order valence-corrected chi connectivity index (χ4v) is 4.35. The van der Waals surface area contributed by atoms with Crippen LogP contribution in [0.2, 0.25) is 0 Å². The Labute approximate surface area is 186 Å². The predicted octanol–water partition coefficient (Wildman–Crippen LogP) is 4.42. The van der Waals surface area contributed by atoms with Crippen molar-refractivity contribution in [2.75, 3.05) is 18.4 Å². The van der Waals surface area contributed by atoms with Crippen molar-refractivity contribution >= 4 is 35.0 Å². The number of hydrogen-bond donors (Lipinski definition) is 1. The fraction of sp³-hybridized carbons (Fsp3) is 0.348. The van der Waals surface area contributed by atoms with E-state index < -0.39 is 0 Å². The summed E-state index contributed by atoms with van der Waals surface area (Å²) in [5.41, 5.74) is 4.53. The van der Waals surface area contributed by atoms with Crippen LogP contribution in [0, 0.1) is 20.8 Å². The Bertz CT molecular complexity index is 1070. The summed E-state index contributed by atoms with van der Waals surface area (Å²) in [5.74, 6) is 0.836. The third kappa shape index (κ3) is 5.52. The van der Waals surface area contributed by atoms with E-state index in [0.717, 1.165) is 52.9 Å². The highest BCUT2D eigenvalue weighted by Crippen LogP contribution is 2.27. The van der Waals surface area contributed by atoms with E-state index in [4.69, 9.17) is 0 Å². The van der Waals surface area contributed by atoms with E-state index in [1.807, 2.05) is 55.4 Å². The number of aryl methyl sites for hydroxylation is 3. The molecule has 1 amide bonds. The first-order valence-electron chi connectivity index (χ1n) is 10.4. The van der Waals surface area contributed by atoms with E-state index >= 15 is 0 Å². The third-order valence-corrected chi connectivity index (χ3v) is 6.00. The molecule has 8 heteroatoms. The lowest BCUT2D eigenvalue weighted by molar-refractivity contribution is -0.127. The summed E-state index contributed by atoms with van der Waals surface area (Å²) in [6.45, 7) is 7.31. The number of anilines is 2. The van der Waals surface area contributed by atoms with Gasteiger partial charge in [-0.15, -0.1) is 11.3 Å². The van der Waals surface area contributed by atoms with Crippen LogP contribution in [0.4, 0.5) is 11.6 Å². The van der Waals surface area contributed by atoms with E-state index in [2.05, 4.69) is 25.3 Å². The van der Waals surface area contributed by atoms with Crippen LogP contribution in [0.1, 0.15) is 46.5 Å². The fourth-order valence-electron chi connectivity index (χ4n) is 3.77. The Kier molecular flexibility index (Phi) is 6.36. The SMILES string of the molecule is Cc1cc(C)nc(Nc2ccc(C3CCCN(C(=O)/C=C/c4csc(C)n4)C3)nc2)n1. The van der Waals surface area contributed by atoms with Gasteiger partial charge in [0, 0.05) is 47.5 Å². The summed E-state index contributed by atoms with van der Waals surface area (Å²) in [7, 11) is 0. The number of aromatic nitrogens is 4. The number of carbonyl (C=O) groups excluding carboxylic acids is 1. The van der Waals surface area contributed by atoms with Gasteiger partial charge in [0.2, 0.25) is 11.9 Å². The van der Waals surface area contributed by atoms with Crippen LogP contribution >= 0.6 is 11.3 Å².